The van der Waals surface area contributed by atoms with E-state index in [-0.39, 0.29) is 12.0 Å². The third-order valence-corrected chi connectivity index (χ3v) is 2.47. The highest BCUT2D eigenvalue weighted by Crippen LogP contribution is 2.20. The van der Waals surface area contributed by atoms with Gasteiger partial charge in [-0.2, -0.15) is 4.98 Å². The van der Waals surface area contributed by atoms with Crippen LogP contribution in [0.2, 0.25) is 0 Å². The number of nitrogens with one attached hydrogen (secondary N) is 1. The number of aryl methyl sites for hydroxylation is 1. The molecule has 1 rings (SSSR count). The van der Waals surface area contributed by atoms with Crippen molar-refractivity contribution in [3.05, 3.63) is 11.7 Å². The zero-order valence-corrected chi connectivity index (χ0v) is 10.3. The first kappa shape index (κ1) is 13.1. The highest BCUT2D eigenvalue weighted by atomic mass is 16.5. The van der Waals surface area contributed by atoms with Gasteiger partial charge in [0.05, 0.1) is 6.54 Å². The van der Waals surface area contributed by atoms with Crippen molar-refractivity contribution in [3.8, 4) is 0 Å². The van der Waals surface area contributed by atoms with Crippen molar-refractivity contribution < 1.29 is 9.63 Å². The molecule has 92 valence electrons. The number of rotatable bonds is 7. The quantitative estimate of drug-likeness (QED) is 0.734. The summed E-state index contributed by atoms with van der Waals surface area (Å²) >= 11 is 0. The summed E-state index contributed by atoms with van der Waals surface area (Å²) in [6.07, 6.45) is 1.85. The Morgan fingerprint density at radius 1 is 1.44 bits per heavy atom. The molecule has 0 saturated heterocycles. The van der Waals surface area contributed by atoms with Crippen LogP contribution in [0.1, 0.15) is 38.4 Å². The lowest BCUT2D eigenvalue weighted by Gasteiger charge is -2.24. The number of aliphatic hydroxyl groups is 1. The van der Waals surface area contributed by atoms with Crippen LogP contribution in [0, 0.1) is 12.3 Å². The Balaban J connectivity index is 2.24. The fourth-order valence-corrected chi connectivity index (χ4v) is 1.57. The molecule has 0 unspecified atom stereocenters. The lowest BCUT2D eigenvalue weighted by molar-refractivity contribution is 0.236. The average Bonchev–Trinajstić information content (AvgIpc) is 2.61. The second-order valence-electron chi connectivity index (χ2n) is 4.82. The molecule has 1 heterocycles. The minimum Gasteiger partial charge on any atom is -0.396 e. The summed E-state index contributed by atoms with van der Waals surface area (Å²) in [5.41, 5.74) is 0.182. The minimum atomic E-state index is 0.182. The number of aliphatic hydroxyl groups excluding tert-OH is 1. The second kappa shape index (κ2) is 5.96. The van der Waals surface area contributed by atoms with Crippen LogP contribution in [-0.2, 0) is 6.54 Å². The van der Waals surface area contributed by atoms with E-state index in [4.69, 9.17) is 9.63 Å². The summed E-state index contributed by atoms with van der Waals surface area (Å²) < 4.78 is 4.88. The molecule has 0 aliphatic carbocycles. The Bertz CT molecular complexity index is 310. The second-order valence-corrected chi connectivity index (χ2v) is 4.82. The van der Waals surface area contributed by atoms with E-state index >= 15 is 0 Å². The smallest absolute Gasteiger partial charge is 0.223 e. The van der Waals surface area contributed by atoms with Crippen LogP contribution in [0.3, 0.4) is 0 Å². The van der Waals surface area contributed by atoms with Gasteiger partial charge < -0.3 is 14.9 Å². The van der Waals surface area contributed by atoms with Crippen molar-refractivity contribution in [2.24, 2.45) is 5.41 Å². The van der Waals surface area contributed by atoms with Crippen LogP contribution >= 0.6 is 0 Å². The van der Waals surface area contributed by atoms with Crippen LogP contribution in [-0.4, -0.2) is 28.4 Å². The molecule has 0 aliphatic heterocycles. The molecule has 0 aromatic carbocycles. The van der Waals surface area contributed by atoms with Gasteiger partial charge in [0.1, 0.15) is 0 Å². The number of hydrogen-bond acceptors (Lipinski definition) is 5. The topological polar surface area (TPSA) is 71.2 Å². The molecule has 0 spiro atoms. The molecule has 0 bridgehead atoms. The number of nitrogens with zero attached hydrogens (tertiary/aromatic N) is 2. The van der Waals surface area contributed by atoms with Crippen molar-refractivity contribution >= 4 is 0 Å². The van der Waals surface area contributed by atoms with E-state index in [1.165, 1.54) is 0 Å². The maximum atomic E-state index is 8.78. The summed E-state index contributed by atoms with van der Waals surface area (Å²) in [5.74, 6) is 1.28. The standard InChI is InChI=1S/C11H21N3O2/c1-9-13-10(14-16-9)7-12-8-11(2,3)5-4-6-15/h12,15H,4-8H2,1-3H3. The lowest BCUT2D eigenvalue weighted by atomic mass is 9.88. The third kappa shape index (κ3) is 4.72. The first-order valence-corrected chi connectivity index (χ1v) is 5.64. The molecule has 0 saturated carbocycles. The largest absolute Gasteiger partial charge is 0.396 e. The molecule has 0 radical (unpaired) electrons. The first-order valence-electron chi connectivity index (χ1n) is 5.64. The fraction of sp³-hybridized carbons (Fsp3) is 0.818. The fourth-order valence-electron chi connectivity index (χ4n) is 1.57. The molecular weight excluding hydrogens is 206 g/mol. The van der Waals surface area contributed by atoms with Crippen molar-refractivity contribution in [1.82, 2.24) is 15.5 Å². The monoisotopic (exact) mass is 227 g/mol. The van der Waals surface area contributed by atoms with E-state index in [0.29, 0.717) is 18.3 Å². The average molecular weight is 227 g/mol. The maximum Gasteiger partial charge on any atom is 0.223 e. The van der Waals surface area contributed by atoms with Gasteiger partial charge in [-0.05, 0) is 18.3 Å². The van der Waals surface area contributed by atoms with Gasteiger partial charge in [-0.3, -0.25) is 0 Å². The predicted octanol–water partition coefficient (Wildman–Crippen LogP) is 1.27. The van der Waals surface area contributed by atoms with Crippen molar-refractivity contribution in [2.45, 2.75) is 40.2 Å². The van der Waals surface area contributed by atoms with Gasteiger partial charge in [0.25, 0.3) is 0 Å². The molecule has 16 heavy (non-hydrogen) atoms. The van der Waals surface area contributed by atoms with E-state index in [0.717, 1.165) is 19.4 Å². The maximum absolute atomic E-state index is 8.78. The van der Waals surface area contributed by atoms with E-state index in [2.05, 4.69) is 29.3 Å². The van der Waals surface area contributed by atoms with Crippen LogP contribution in [0.5, 0.6) is 0 Å². The first-order chi connectivity index (χ1) is 7.53. The third-order valence-electron chi connectivity index (χ3n) is 2.47. The zero-order chi connectivity index (χ0) is 12.0. The highest BCUT2D eigenvalue weighted by Gasteiger charge is 2.16. The molecule has 0 atom stereocenters. The summed E-state index contributed by atoms with van der Waals surface area (Å²) in [6.45, 7) is 7.89. The Morgan fingerprint density at radius 2 is 2.19 bits per heavy atom. The molecule has 1 aromatic rings. The molecule has 1 aromatic heterocycles. The molecule has 5 heteroatoms. The molecule has 5 nitrogen and oxygen atoms in total. The van der Waals surface area contributed by atoms with E-state index in [9.17, 15) is 0 Å². The van der Waals surface area contributed by atoms with Gasteiger partial charge in [-0.25, -0.2) is 0 Å². The summed E-state index contributed by atoms with van der Waals surface area (Å²) in [5, 5.41) is 15.9. The molecule has 0 fully saturated rings. The van der Waals surface area contributed by atoms with E-state index < -0.39 is 0 Å². The Hall–Kier alpha value is -0.940. The van der Waals surface area contributed by atoms with Crippen molar-refractivity contribution in [2.75, 3.05) is 13.2 Å². The Kier molecular flexibility index (Phi) is 4.89. The normalized spacial score (nSPS) is 12.0. The minimum absolute atomic E-state index is 0.182. The number of hydrogen-bond donors (Lipinski definition) is 2. The summed E-state index contributed by atoms with van der Waals surface area (Å²) in [4.78, 5) is 4.11. The van der Waals surface area contributed by atoms with Gasteiger partial charge in [0.2, 0.25) is 5.89 Å². The molecule has 2 N–H and O–H groups in total. The van der Waals surface area contributed by atoms with Crippen LogP contribution in [0.15, 0.2) is 4.52 Å². The lowest BCUT2D eigenvalue weighted by Crippen LogP contribution is -2.29. The van der Waals surface area contributed by atoms with Crippen LogP contribution in [0.25, 0.3) is 0 Å². The highest BCUT2D eigenvalue weighted by molar-refractivity contribution is 4.83. The van der Waals surface area contributed by atoms with Gasteiger partial charge in [-0.15, -0.1) is 0 Å². The van der Waals surface area contributed by atoms with Crippen LogP contribution < -0.4 is 5.32 Å². The Morgan fingerprint density at radius 3 is 2.75 bits per heavy atom. The summed E-state index contributed by atoms with van der Waals surface area (Å²) in [7, 11) is 0. The zero-order valence-electron chi connectivity index (χ0n) is 10.3. The predicted molar refractivity (Wildman–Crippen MR) is 60.8 cm³/mol. The molecule has 0 aliphatic rings. The SMILES string of the molecule is Cc1nc(CNCC(C)(C)CCCO)no1. The van der Waals surface area contributed by atoms with E-state index in [1.54, 1.807) is 6.92 Å². The Labute approximate surface area is 96.2 Å². The molecule has 0 amide bonds. The van der Waals surface area contributed by atoms with Gasteiger partial charge >= 0.3 is 0 Å². The van der Waals surface area contributed by atoms with Gasteiger partial charge in [-0.1, -0.05) is 19.0 Å². The summed E-state index contributed by atoms with van der Waals surface area (Å²) in [6, 6.07) is 0. The van der Waals surface area contributed by atoms with E-state index in [1.807, 2.05) is 0 Å². The van der Waals surface area contributed by atoms with Gasteiger partial charge in [0.15, 0.2) is 5.82 Å². The van der Waals surface area contributed by atoms with Gasteiger partial charge in [0, 0.05) is 20.1 Å². The number of aromatic nitrogens is 2. The van der Waals surface area contributed by atoms with Crippen molar-refractivity contribution in [1.29, 1.82) is 0 Å². The van der Waals surface area contributed by atoms with Crippen LogP contribution in [0.4, 0.5) is 0 Å². The van der Waals surface area contributed by atoms with Crippen molar-refractivity contribution in [3.63, 3.8) is 0 Å². The molecular formula is C11H21N3O2.